The largest absolute Gasteiger partial charge is 0.330 e. The molecule has 1 aromatic heterocycles. The standard InChI is InChI=1S/C12H20F2N4S/c1-18-10(4-7-15)16-17-11(18)19-8-9-2-5-12(13,14)6-3-9/h9H,2-8,15H2,1H3. The molecule has 1 aliphatic carbocycles. The molecule has 0 saturated heterocycles. The van der Waals surface area contributed by atoms with E-state index in [1.807, 2.05) is 11.6 Å². The van der Waals surface area contributed by atoms with Crippen molar-refractivity contribution >= 4 is 11.8 Å². The van der Waals surface area contributed by atoms with E-state index >= 15 is 0 Å². The Labute approximate surface area is 116 Å². The molecule has 19 heavy (non-hydrogen) atoms. The molecule has 4 nitrogen and oxygen atoms in total. The maximum atomic E-state index is 13.0. The number of thioether (sulfide) groups is 1. The van der Waals surface area contributed by atoms with Gasteiger partial charge in [0.2, 0.25) is 5.92 Å². The van der Waals surface area contributed by atoms with Gasteiger partial charge in [0.25, 0.3) is 0 Å². The minimum Gasteiger partial charge on any atom is -0.330 e. The highest BCUT2D eigenvalue weighted by Crippen LogP contribution is 2.38. The highest BCUT2D eigenvalue weighted by atomic mass is 32.2. The van der Waals surface area contributed by atoms with Crippen molar-refractivity contribution in [1.29, 1.82) is 0 Å². The third kappa shape index (κ3) is 3.89. The smallest absolute Gasteiger partial charge is 0.248 e. The Morgan fingerprint density at radius 2 is 2.05 bits per heavy atom. The Morgan fingerprint density at radius 1 is 1.37 bits per heavy atom. The maximum absolute atomic E-state index is 13.0. The molecule has 0 aliphatic heterocycles. The van der Waals surface area contributed by atoms with E-state index in [-0.39, 0.29) is 12.8 Å². The molecule has 1 aliphatic rings. The summed E-state index contributed by atoms with van der Waals surface area (Å²) in [6.07, 6.45) is 1.96. The number of hydrogen-bond acceptors (Lipinski definition) is 4. The van der Waals surface area contributed by atoms with Gasteiger partial charge in [0.1, 0.15) is 5.82 Å². The van der Waals surface area contributed by atoms with Crippen LogP contribution in [0.1, 0.15) is 31.5 Å². The fraction of sp³-hybridized carbons (Fsp3) is 0.833. The van der Waals surface area contributed by atoms with Crippen LogP contribution in [-0.4, -0.2) is 33.0 Å². The summed E-state index contributed by atoms with van der Waals surface area (Å²) in [5.74, 6) is -0.371. The third-order valence-electron chi connectivity index (χ3n) is 3.58. The Kier molecular flexibility index (Phi) is 4.78. The summed E-state index contributed by atoms with van der Waals surface area (Å²) in [6.45, 7) is 0.550. The monoisotopic (exact) mass is 290 g/mol. The SMILES string of the molecule is Cn1c(CCN)nnc1SCC1CCC(F)(F)CC1. The average molecular weight is 290 g/mol. The Morgan fingerprint density at radius 3 is 2.68 bits per heavy atom. The fourth-order valence-corrected chi connectivity index (χ4v) is 3.39. The first-order chi connectivity index (χ1) is 9.02. The van der Waals surface area contributed by atoms with E-state index in [2.05, 4.69) is 10.2 Å². The topological polar surface area (TPSA) is 56.7 Å². The van der Waals surface area contributed by atoms with E-state index in [0.717, 1.165) is 16.7 Å². The van der Waals surface area contributed by atoms with Crippen molar-refractivity contribution in [3.05, 3.63) is 5.82 Å². The second-order valence-corrected chi connectivity index (χ2v) is 6.09. The number of rotatable bonds is 5. The lowest BCUT2D eigenvalue weighted by atomic mass is 9.88. The van der Waals surface area contributed by atoms with Gasteiger partial charge in [0.05, 0.1) is 0 Å². The van der Waals surface area contributed by atoms with Crippen molar-refractivity contribution in [2.45, 2.75) is 43.2 Å². The third-order valence-corrected chi connectivity index (χ3v) is 4.83. The average Bonchev–Trinajstić information content (AvgIpc) is 2.70. The van der Waals surface area contributed by atoms with Crippen molar-refractivity contribution in [2.24, 2.45) is 18.7 Å². The minimum absolute atomic E-state index is 0.0233. The molecular weight excluding hydrogens is 270 g/mol. The highest BCUT2D eigenvalue weighted by Gasteiger charge is 2.34. The number of nitrogens with two attached hydrogens (primary N) is 1. The quantitative estimate of drug-likeness (QED) is 0.845. The van der Waals surface area contributed by atoms with Gasteiger partial charge in [-0.1, -0.05) is 11.8 Å². The number of halogens is 2. The van der Waals surface area contributed by atoms with Crippen LogP contribution in [-0.2, 0) is 13.5 Å². The second-order valence-electron chi connectivity index (χ2n) is 5.11. The van der Waals surface area contributed by atoms with Crippen LogP contribution in [0.2, 0.25) is 0 Å². The van der Waals surface area contributed by atoms with E-state index in [1.54, 1.807) is 11.8 Å². The van der Waals surface area contributed by atoms with Crippen LogP contribution in [0.5, 0.6) is 0 Å². The van der Waals surface area contributed by atoms with Crippen molar-refractivity contribution in [3.8, 4) is 0 Å². The van der Waals surface area contributed by atoms with Gasteiger partial charge >= 0.3 is 0 Å². The summed E-state index contributed by atoms with van der Waals surface area (Å²) in [7, 11) is 1.92. The molecule has 2 N–H and O–H groups in total. The Balaban J connectivity index is 1.83. The molecule has 0 spiro atoms. The Bertz CT molecular complexity index is 412. The summed E-state index contributed by atoms with van der Waals surface area (Å²) in [5.41, 5.74) is 5.50. The molecular formula is C12H20F2N4S. The zero-order valence-electron chi connectivity index (χ0n) is 11.1. The number of nitrogens with zero attached hydrogens (tertiary/aromatic N) is 3. The van der Waals surface area contributed by atoms with Crippen LogP contribution in [0.25, 0.3) is 0 Å². The molecule has 1 heterocycles. The van der Waals surface area contributed by atoms with E-state index in [9.17, 15) is 8.78 Å². The van der Waals surface area contributed by atoms with Gasteiger partial charge in [-0.2, -0.15) is 0 Å². The summed E-state index contributed by atoms with van der Waals surface area (Å²) >= 11 is 1.60. The van der Waals surface area contributed by atoms with Gasteiger partial charge in [-0.05, 0) is 25.3 Å². The summed E-state index contributed by atoms with van der Waals surface area (Å²) < 4.78 is 28.0. The molecule has 0 aromatic carbocycles. The maximum Gasteiger partial charge on any atom is 0.248 e. The minimum atomic E-state index is -2.44. The molecule has 0 atom stereocenters. The van der Waals surface area contributed by atoms with E-state index in [0.29, 0.717) is 31.7 Å². The van der Waals surface area contributed by atoms with Crippen LogP contribution in [0.4, 0.5) is 8.78 Å². The van der Waals surface area contributed by atoms with Crippen LogP contribution >= 0.6 is 11.8 Å². The first-order valence-electron chi connectivity index (χ1n) is 6.61. The van der Waals surface area contributed by atoms with Gasteiger partial charge in [0, 0.05) is 32.1 Å². The zero-order chi connectivity index (χ0) is 13.9. The highest BCUT2D eigenvalue weighted by molar-refractivity contribution is 7.99. The molecule has 1 fully saturated rings. The molecule has 2 rings (SSSR count). The summed E-state index contributed by atoms with van der Waals surface area (Å²) in [6, 6.07) is 0. The van der Waals surface area contributed by atoms with E-state index in [1.165, 1.54) is 0 Å². The molecule has 1 aromatic rings. The predicted octanol–water partition coefficient (Wildman–Crippen LogP) is 2.23. The first-order valence-corrected chi connectivity index (χ1v) is 7.59. The van der Waals surface area contributed by atoms with Gasteiger partial charge in [-0.3, -0.25) is 0 Å². The van der Waals surface area contributed by atoms with Crippen molar-refractivity contribution in [3.63, 3.8) is 0 Å². The number of hydrogen-bond donors (Lipinski definition) is 1. The molecule has 0 radical (unpaired) electrons. The van der Waals surface area contributed by atoms with Crippen molar-refractivity contribution in [1.82, 2.24) is 14.8 Å². The van der Waals surface area contributed by atoms with Crippen LogP contribution in [0, 0.1) is 5.92 Å². The molecule has 0 amide bonds. The first kappa shape index (κ1) is 14.7. The zero-order valence-corrected chi connectivity index (χ0v) is 11.9. The number of alkyl halides is 2. The van der Waals surface area contributed by atoms with E-state index < -0.39 is 5.92 Å². The Hall–Kier alpha value is -0.690. The molecule has 0 bridgehead atoms. The number of aromatic nitrogens is 3. The fourth-order valence-electron chi connectivity index (χ4n) is 2.28. The lowest BCUT2D eigenvalue weighted by Crippen LogP contribution is -2.25. The van der Waals surface area contributed by atoms with Crippen LogP contribution in [0.3, 0.4) is 0 Å². The van der Waals surface area contributed by atoms with Gasteiger partial charge in [-0.25, -0.2) is 8.78 Å². The van der Waals surface area contributed by atoms with Crippen LogP contribution < -0.4 is 5.73 Å². The van der Waals surface area contributed by atoms with Gasteiger partial charge in [-0.15, -0.1) is 10.2 Å². The van der Waals surface area contributed by atoms with Gasteiger partial charge in [0.15, 0.2) is 5.16 Å². The lowest BCUT2D eigenvalue weighted by Gasteiger charge is -2.27. The van der Waals surface area contributed by atoms with E-state index in [4.69, 9.17) is 5.73 Å². The molecule has 7 heteroatoms. The predicted molar refractivity (Wildman–Crippen MR) is 71.4 cm³/mol. The lowest BCUT2D eigenvalue weighted by molar-refractivity contribution is -0.0433. The second kappa shape index (κ2) is 6.17. The molecule has 108 valence electrons. The van der Waals surface area contributed by atoms with Crippen molar-refractivity contribution in [2.75, 3.05) is 12.3 Å². The molecule has 1 saturated carbocycles. The van der Waals surface area contributed by atoms with Crippen molar-refractivity contribution < 1.29 is 8.78 Å². The summed E-state index contributed by atoms with van der Waals surface area (Å²) in [5, 5.41) is 9.05. The van der Waals surface area contributed by atoms with Crippen LogP contribution in [0.15, 0.2) is 5.16 Å². The summed E-state index contributed by atoms with van der Waals surface area (Å²) in [4.78, 5) is 0. The molecule has 0 unspecified atom stereocenters. The van der Waals surface area contributed by atoms with Gasteiger partial charge < -0.3 is 10.3 Å². The normalized spacial score (nSPS) is 19.8.